The van der Waals surface area contributed by atoms with Crippen molar-refractivity contribution in [3.8, 4) is 11.3 Å². The van der Waals surface area contributed by atoms with Crippen LogP contribution in [0.5, 0.6) is 0 Å². The number of amides is 1. The van der Waals surface area contributed by atoms with E-state index in [1.165, 1.54) is 6.92 Å². The van der Waals surface area contributed by atoms with Crippen molar-refractivity contribution in [2.75, 3.05) is 13.1 Å². The van der Waals surface area contributed by atoms with E-state index in [0.717, 1.165) is 11.3 Å². The average Bonchev–Trinajstić information content (AvgIpc) is 3.02. The van der Waals surface area contributed by atoms with Gasteiger partial charge in [0.1, 0.15) is 10.9 Å². The molecule has 8 heteroatoms. The van der Waals surface area contributed by atoms with Gasteiger partial charge in [-0.15, -0.1) is 5.10 Å². The van der Waals surface area contributed by atoms with E-state index in [1.54, 1.807) is 23.4 Å². The Labute approximate surface area is 147 Å². The Balaban J connectivity index is 1.63. The second-order valence-corrected chi connectivity index (χ2v) is 9.45. The molecule has 0 spiro atoms. The van der Waals surface area contributed by atoms with Crippen LogP contribution in [0.15, 0.2) is 36.5 Å². The molecule has 0 aliphatic carbocycles. The molecule has 2 heterocycles. The summed E-state index contributed by atoms with van der Waals surface area (Å²) < 4.78 is 26.0. The fourth-order valence-electron chi connectivity index (χ4n) is 2.80. The molecule has 1 aromatic heterocycles. The van der Waals surface area contributed by atoms with Crippen LogP contribution in [0.2, 0.25) is 0 Å². The maximum absolute atomic E-state index is 12.4. The van der Waals surface area contributed by atoms with Crippen LogP contribution in [0, 0.1) is 0 Å². The van der Waals surface area contributed by atoms with Gasteiger partial charge in [-0.1, -0.05) is 35.5 Å². The number of carbonyl (C=O) groups excluding carboxylic acids is 1. The van der Waals surface area contributed by atoms with E-state index in [2.05, 4.69) is 10.3 Å². The van der Waals surface area contributed by atoms with Gasteiger partial charge in [0, 0.05) is 18.7 Å². The quantitative estimate of drug-likeness (QED) is 0.805. The number of benzene rings is 1. The van der Waals surface area contributed by atoms with Gasteiger partial charge in [-0.25, -0.2) is 13.1 Å². The van der Waals surface area contributed by atoms with E-state index in [-0.39, 0.29) is 11.9 Å². The normalized spacial score (nSPS) is 16.7. The van der Waals surface area contributed by atoms with E-state index < -0.39 is 20.3 Å². The lowest BCUT2D eigenvalue weighted by atomic mass is 10.1. The lowest BCUT2D eigenvalue weighted by Gasteiger charge is -2.40. The molecule has 0 radical (unpaired) electrons. The van der Waals surface area contributed by atoms with E-state index in [0.29, 0.717) is 13.1 Å². The molecule has 0 bridgehead atoms. The van der Waals surface area contributed by atoms with Gasteiger partial charge >= 0.3 is 0 Å². The van der Waals surface area contributed by atoms with Crippen LogP contribution in [0.25, 0.3) is 11.3 Å². The zero-order valence-corrected chi connectivity index (χ0v) is 15.3. The van der Waals surface area contributed by atoms with Gasteiger partial charge in [0.15, 0.2) is 9.84 Å². The molecular formula is C17H22N4O3S. The van der Waals surface area contributed by atoms with Crippen LogP contribution < -0.4 is 0 Å². The predicted octanol–water partition coefficient (Wildman–Crippen LogP) is 1.54. The van der Waals surface area contributed by atoms with Crippen molar-refractivity contribution >= 4 is 15.7 Å². The lowest BCUT2D eigenvalue weighted by molar-refractivity contribution is -0.136. The van der Waals surface area contributed by atoms with Gasteiger partial charge in [-0.3, -0.25) is 4.79 Å². The molecule has 2 aromatic rings. The van der Waals surface area contributed by atoms with Crippen LogP contribution in [0.1, 0.15) is 26.8 Å². The molecule has 25 heavy (non-hydrogen) atoms. The highest BCUT2D eigenvalue weighted by Gasteiger charge is 2.40. The zero-order chi connectivity index (χ0) is 18.2. The summed E-state index contributed by atoms with van der Waals surface area (Å²) in [7, 11) is -3.44. The highest BCUT2D eigenvalue weighted by molar-refractivity contribution is 7.93. The van der Waals surface area contributed by atoms with E-state index in [4.69, 9.17) is 0 Å². The van der Waals surface area contributed by atoms with Gasteiger partial charge in [-0.05, 0) is 20.8 Å². The van der Waals surface area contributed by atoms with Gasteiger partial charge in [0.2, 0.25) is 5.91 Å². The van der Waals surface area contributed by atoms with Gasteiger partial charge in [0.25, 0.3) is 0 Å². The molecule has 1 aliphatic heterocycles. The molecule has 3 rings (SSSR count). The minimum absolute atomic E-state index is 0.0304. The number of sulfone groups is 1. The zero-order valence-electron chi connectivity index (χ0n) is 14.5. The van der Waals surface area contributed by atoms with Crippen molar-refractivity contribution in [3.05, 3.63) is 36.5 Å². The van der Waals surface area contributed by atoms with Crippen molar-refractivity contribution in [2.24, 2.45) is 0 Å². The fraction of sp³-hybridized carbons (Fsp3) is 0.471. The maximum atomic E-state index is 12.4. The van der Waals surface area contributed by atoms with Crippen LogP contribution in [0.4, 0.5) is 0 Å². The Bertz CT molecular complexity index is 855. The minimum Gasteiger partial charge on any atom is -0.337 e. The predicted molar refractivity (Wildman–Crippen MR) is 94.6 cm³/mol. The largest absolute Gasteiger partial charge is 0.337 e. The number of hydrogen-bond donors (Lipinski definition) is 0. The minimum atomic E-state index is -3.44. The van der Waals surface area contributed by atoms with Gasteiger partial charge in [0.05, 0.1) is 17.5 Å². The summed E-state index contributed by atoms with van der Waals surface area (Å²) in [6.45, 7) is 5.56. The molecule has 1 amide bonds. The Morgan fingerprint density at radius 1 is 1.16 bits per heavy atom. The molecular weight excluding hydrogens is 340 g/mol. The van der Waals surface area contributed by atoms with Crippen molar-refractivity contribution in [1.82, 2.24) is 19.9 Å². The SMILES string of the molecule is CC(C)S(=O)(=O)[C@H](C)C(=O)N1CC(n2cc(-c3ccccc3)nn2)C1. The number of aromatic nitrogens is 3. The first-order chi connectivity index (χ1) is 11.8. The fourth-order valence-corrected chi connectivity index (χ4v) is 4.05. The summed E-state index contributed by atoms with van der Waals surface area (Å²) in [6, 6.07) is 9.77. The third-order valence-electron chi connectivity index (χ3n) is 4.63. The summed E-state index contributed by atoms with van der Waals surface area (Å²) in [5.74, 6) is -0.339. The molecule has 0 N–H and O–H groups in total. The summed E-state index contributed by atoms with van der Waals surface area (Å²) in [5, 5.41) is 6.74. The smallest absolute Gasteiger partial charge is 0.240 e. The number of rotatable bonds is 5. The number of hydrogen-bond acceptors (Lipinski definition) is 5. The summed E-state index contributed by atoms with van der Waals surface area (Å²) >= 11 is 0. The van der Waals surface area contributed by atoms with Crippen LogP contribution in [-0.2, 0) is 14.6 Å². The standard InChI is InChI=1S/C17H22N4O3S/c1-12(2)25(23,24)13(3)17(22)20-9-15(10-20)21-11-16(18-19-21)14-7-5-4-6-8-14/h4-8,11-13,15H,9-10H2,1-3H3/t13-/m1/s1. The number of carbonyl (C=O) groups is 1. The Kier molecular flexibility index (Phi) is 4.64. The molecule has 1 aliphatic rings. The first-order valence-corrected chi connectivity index (χ1v) is 9.90. The maximum Gasteiger partial charge on any atom is 0.240 e. The second-order valence-electron chi connectivity index (χ2n) is 6.63. The molecule has 1 atom stereocenters. The van der Waals surface area contributed by atoms with Gasteiger partial charge in [-0.2, -0.15) is 0 Å². The van der Waals surface area contributed by atoms with Gasteiger partial charge < -0.3 is 4.90 Å². The Morgan fingerprint density at radius 3 is 2.40 bits per heavy atom. The summed E-state index contributed by atoms with van der Waals surface area (Å²) in [6.07, 6.45) is 1.86. The highest BCUT2D eigenvalue weighted by Crippen LogP contribution is 2.25. The Morgan fingerprint density at radius 2 is 1.80 bits per heavy atom. The van der Waals surface area contributed by atoms with Crippen molar-refractivity contribution in [1.29, 1.82) is 0 Å². The second kappa shape index (κ2) is 6.59. The Hall–Kier alpha value is -2.22. The highest BCUT2D eigenvalue weighted by atomic mass is 32.2. The molecule has 134 valence electrons. The van der Waals surface area contributed by atoms with E-state index in [1.807, 2.05) is 36.5 Å². The van der Waals surface area contributed by atoms with E-state index >= 15 is 0 Å². The molecule has 1 fully saturated rings. The van der Waals surface area contributed by atoms with Crippen molar-refractivity contribution in [2.45, 2.75) is 37.3 Å². The molecule has 7 nitrogen and oxygen atoms in total. The summed E-state index contributed by atoms with van der Waals surface area (Å²) in [5.41, 5.74) is 1.76. The number of likely N-dealkylation sites (tertiary alicyclic amines) is 1. The molecule has 1 aromatic carbocycles. The lowest BCUT2D eigenvalue weighted by Crippen LogP contribution is -2.55. The first-order valence-electron chi connectivity index (χ1n) is 8.29. The van der Waals surface area contributed by atoms with Crippen LogP contribution >= 0.6 is 0 Å². The topological polar surface area (TPSA) is 85.2 Å². The summed E-state index contributed by atoms with van der Waals surface area (Å²) in [4.78, 5) is 14.0. The monoisotopic (exact) mass is 362 g/mol. The molecule has 0 saturated carbocycles. The third-order valence-corrected chi connectivity index (χ3v) is 7.13. The van der Waals surface area contributed by atoms with Crippen molar-refractivity contribution < 1.29 is 13.2 Å². The molecule has 0 unspecified atom stereocenters. The van der Waals surface area contributed by atoms with Crippen LogP contribution in [-0.4, -0.2) is 57.8 Å². The van der Waals surface area contributed by atoms with Crippen LogP contribution in [0.3, 0.4) is 0 Å². The van der Waals surface area contributed by atoms with Crippen molar-refractivity contribution in [3.63, 3.8) is 0 Å². The third kappa shape index (κ3) is 3.30. The number of nitrogens with zero attached hydrogens (tertiary/aromatic N) is 4. The average molecular weight is 362 g/mol. The van der Waals surface area contributed by atoms with E-state index in [9.17, 15) is 13.2 Å². The molecule has 1 saturated heterocycles. The first kappa shape index (κ1) is 17.6.